The molecule has 1 aromatic heterocycles. The van der Waals surface area contributed by atoms with Crippen LogP contribution in [0, 0.1) is 5.92 Å². The Morgan fingerprint density at radius 3 is 2.95 bits per heavy atom. The van der Waals surface area contributed by atoms with E-state index < -0.39 is 0 Å². The number of rotatable bonds is 8. The van der Waals surface area contributed by atoms with Crippen molar-refractivity contribution in [2.24, 2.45) is 5.92 Å². The molecule has 1 fully saturated rings. The van der Waals surface area contributed by atoms with E-state index in [1.165, 1.54) is 32.1 Å². The number of amides is 1. The molecule has 1 aliphatic rings. The lowest BCUT2D eigenvalue weighted by molar-refractivity contribution is 0.0941. The minimum Gasteiger partial charge on any atom is -0.350 e. The maximum absolute atomic E-state index is 12.0. The van der Waals surface area contributed by atoms with E-state index in [9.17, 15) is 4.79 Å². The molecule has 4 nitrogen and oxygen atoms in total. The number of carbonyl (C=O) groups is 1. The van der Waals surface area contributed by atoms with Gasteiger partial charge in [-0.05, 0) is 31.2 Å². The summed E-state index contributed by atoms with van der Waals surface area (Å²) in [6, 6.07) is 1.90. The standard InChI is InChI=1S/C15H25N3O/c1-3-5-6-11(4-2)10-16-15(19)14-9-13(17-18-14)12-7-8-12/h9,11-12H,3-8,10H2,1-2H3,(H,16,19)(H,17,18). The van der Waals surface area contributed by atoms with Gasteiger partial charge in [-0.3, -0.25) is 9.89 Å². The van der Waals surface area contributed by atoms with E-state index in [2.05, 4.69) is 29.4 Å². The number of H-pyrrole nitrogens is 1. The van der Waals surface area contributed by atoms with Gasteiger partial charge in [0, 0.05) is 18.2 Å². The number of aromatic nitrogens is 2. The predicted molar refractivity (Wildman–Crippen MR) is 76.2 cm³/mol. The second-order valence-electron chi connectivity index (χ2n) is 5.61. The summed E-state index contributed by atoms with van der Waals surface area (Å²) in [5, 5.41) is 10.1. The molecule has 0 aliphatic heterocycles. The van der Waals surface area contributed by atoms with Crippen LogP contribution in [0.25, 0.3) is 0 Å². The molecule has 2 N–H and O–H groups in total. The van der Waals surface area contributed by atoms with Crippen LogP contribution in [0.5, 0.6) is 0 Å². The lowest BCUT2D eigenvalue weighted by Gasteiger charge is -2.14. The molecule has 19 heavy (non-hydrogen) atoms. The third kappa shape index (κ3) is 4.08. The molecule has 4 heteroatoms. The Hall–Kier alpha value is -1.32. The van der Waals surface area contributed by atoms with Gasteiger partial charge in [0.2, 0.25) is 0 Å². The van der Waals surface area contributed by atoms with Crippen LogP contribution >= 0.6 is 0 Å². The fourth-order valence-electron chi connectivity index (χ4n) is 2.33. The van der Waals surface area contributed by atoms with Crippen molar-refractivity contribution >= 4 is 5.91 Å². The zero-order chi connectivity index (χ0) is 13.7. The number of hydrogen-bond donors (Lipinski definition) is 2. The van der Waals surface area contributed by atoms with Crippen LogP contribution < -0.4 is 5.32 Å². The van der Waals surface area contributed by atoms with Gasteiger partial charge >= 0.3 is 0 Å². The fourth-order valence-corrected chi connectivity index (χ4v) is 2.33. The third-order valence-electron chi connectivity index (χ3n) is 3.94. The molecule has 0 spiro atoms. The van der Waals surface area contributed by atoms with Gasteiger partial charge in [-0.2, -0.15) is 5.10 Å². The van der Waals surface area contributed by atoms with Crippen molar-refractivity contribution in [3.63, 3.8) is 0 Å². The van der Waals surface area contributed by atoms with Crippen LogP contribution in [0.2, 0.25) is 0 Å². The number of carbonyl (C=O) groups excluding carboxylic acids is 1. The Bertz CT molecular complexity index is 409. The van der Waals surface area contributed by atoms with Crippen molar-refractivity contribution in [3.05, 3.63) is 17.5 Å². The van der Waals surface area contributed by atoms with Gasteiger partial charge in [0.15, 0.2) is 0 Å². The third-order valence-corrected chi connectivity index (χ3v) is 3.94. The predicted octanol–water partition coefficient (Wildman–Crippen LogP) is 3.23. The molecule has 1 heterocycles. The van der Waals surface area contributed by atoms with E-state index in [1.54, 1.807) is 0 Å². The molecule has 0 saturated heterocycles. The second-order valence-corrected chi connectivity index (χ2v) is 5.61. The molecule has 0 aromatic carbocycles. The van der Waals surface area contributed by atoms with Crippen molar-refractivity contribution in [2.75, 3.05) is 6.54 Å². The maximum atomic E-state index is 12.0. The summed E-state index contributed by atoms with van der Waals surface area (Å²) in [7, 11) is 0. The maximum Gasteiger partial charge on any atom is 0.271 e. The molecule has 0 radical (unpaired) electrons. The molecule has 1 unspecified atom stereocenters. The van der Waals surface area contributed by atoms with Crippen molar-refractivity contribution in [3.8, 4) is 0 Å². The first-order valence-electron chi connectivity index (χ1n) is 7.58. The summed E-state index contributed by atoms with van der Waals surface area (Å²) in [5.74, 6) is 1.16. The Kier molecular flexibility index (Phi) is 5.00. The minimum atomic E-state index is -0.0434. The van der Waals surface area contributed by atoms with Gasteiger partial charge in [0.25, 0.3) is 5.91 Å². The van der Waals surface area contributed by atoms with E-state index in [1.807, 2.05) is 6.07 Å². The Morgan fingerprint density at radius 2 is 2.32 bits per heavy atom. The highest BCUT2D eigenvalue weighted by atomic mass is 16.1. The first-order valence-corrected chi connectivity index (χ1v) is 7.58. The van der Waals surface area contributed by atoms with Crippen molar-refractivity contribution in [2.45, 2.75) is 58.3 Å². The van der Waals surface area contributed by atoms with Crippen LogP contribution in [0.1, 0.15) is 74.5 Å². The number of unbranched alkanes of at least 4 members (excludes halogenated alkanes) is 1. The van der Waals surface area contributed by atoms with Gasteiger partial charge in [-0.1, -0.05) is 33.1 Å². The van der Waals surface area contributed by atoms with Gasteiger partial charge in [0.1, 0.15) is 5.69 Å². The van der Waals surface area contributed by atoms with Crippen LogP contribution in [-0.2, 0) is 0 Å². The zero-order valence-corrected chi connectivity index (χ0v) is 12.0. The summed E-state index contributed by atoms with van der Waals surface area (Å²) < 4.78 is 0. The lowest BCUT2D eigenvalue weighted by atomic mass is 9.99. The molecule has 1 amide bonds. The lowest BCUT2D eigenvalue weighted by Crippen LogP contribution is -2.29. The molecule has 1 atom stereocenters. The van der Waals surface area contributed by atoms with Gasteiger partial charge < -0.3 is 5.32 Å². The van der Waals surface area contributed by atoms with Gasteiger partial charge in [-0.25, -0.2) is 0 Å². The number of nitrogens with zero attached hydrogens (tertiary/aromatic N) is 1. The Morgan fingerprint density at radius 1 is 1.53 bits per heavy atom. The molecule has 106 valence electrons. The topological polar surface area (TPSA) is 57.8 Å². The SMILES string of the molecule is CCCCC(CC)CNC(=O)c1cc(C2CC2)[nH]n1. The molecule has 0 bridgehead atoms. The molecular formula is C15H25N3O. The highest BCUT2D eigenvalue weighted by Gasteiger charge is 2.26. The first-order chi connectivity index (χ1) is 9.24. The average molecular weight is 263 g/mol. The highest BCUT2D eigenvalue weighted by Crippen LogP contribution is 2.38. The quantitative estimate of drug-likeness (QED) is 0.756. The van der Waals surface area contributed by atoms with Crippen LogP contribution in [-0.4, -0.2) is 22.6 Å². The molecule has 1 saturated carbocycles. The van der Waals surface area contributed by atoms with E-state index >= 15 is 0 Å². The first kappa shape index (κ1) is 14.1. The summed E-state index contributed by atoms with van der Waals surface area (Å²) in [4.78, 5) is 12.0. The monoisotopic (exact) mass is 263 g/mol. The van der Waals surface area contributed by atoms with Crippen molar-refractivity contribution < 1.29 is 4.79 Å². The van der Waals surface area contributed by atoms with Gasteiger partial charge in [-0.15, -0.1) is 0 Å². The second kappa shape index (κ2) is 6.73. The molecule has 1 aromatic rings. The minimum absolute atomic E-state index is 0.0434. The van der Waals surface area contributed by atoms with Gasteiger partial charge in [0.05, 0.1) is 0 Å². The molecule has 1 aliphatic carbocycles. The molecular weight excluding hydrogens is 238 g/mol. The normalized spacial score (nSPS) is 16.3. The number of aromatic amines is 1. The smallest absolute Gasteiger partial charge is 0.271 e. The molecule has 2 rings (SSSR count). The number of hydrogen-bond acceptors (Lipinski definition) is 2. The Balaban J connectivity index is 1.78. The fraction of sp³-hybridized carbons (Fsp3) is 0.733. The van der Waals surface area contributed by atoms with Crippen LogP contribution in [0.4, 0.5) is 0 Å². The number of nitrogens with one attached hydrogen (secondary N) is 2. The average Bonchev–Trinajstić information content (AvgIpc) is 3.16. The van der Waals surface area contributed by atoms with E-state index in [-0.39, 0.29) is 5.91 Å². The van der Waals surface area contributed by atoms with Crippen LogP contribution in [0.15, 0.2) is 6.07 Å². The summed E-state index contributed by atoms with van der Waals surface area (Å²) in [6.07, 6.45) is 7.21. The summed E-state index contributed by atoms with van der Waals surface area (Å²) in [5.41, 5.74) is 1.65. The summed E-state index contributed by atoms with van der Waals surface area (Å²) in [6.45, 7) is 5.15. The van der Waals surface area contributed by atoms with E-state index in [0.717, 1.165) is 18.7 Å². The van der Waals surface area contributed by atoms with E-state index in [0.29, 0.717) is 17.5 Å². The largest absolute Gasteiger partial charge is 0.350 e. The summed E-state index contributed by atoms with van der Waals surface area (Å²) >= 11 is 0. The van der Waals surface area contributed by atoms with Crippen molar-refractivity contribution in [1.82, 2.24) is 15.5 Å². The zero-order valence-electron chi connectivity index (χ0n) is 12.0. The van der Waals surface area contributed by atoms with Crippen molar-refractivity contribution in [1.29, 1.82) is 0 Å². The van der Waals surface area contributed by atoms with E-state index in [4.69, 9.17) is 0 Å². The highest BCUT2D eigenvalue weighted by molar-refractivity contribution is 5.92. The Labute approximate surface area is 115 Å². The van der Waals surface area contributed by atoms with Crippen LogP contribution in [0.3, 0.4) is 0 Å².